The Morgan fingerprint density at radius 1 is 0.253 bits per heavy atom. The molecule has 4 aliphatic heterocycles. The van der Waals surface area contributed by atoms with Crippen LogP contribution in [0.15, 0.2) is 224 Å². The number of anilines is 10. The van der Waals surface area contributed by atoms with Crippen LogP contribution >= 0.6 is 0 Å². The number of hydrogen-bond donors (Lipinski definition) is 2. The SMILES string of the molecule is CC1(C)c2cc(N3c4ccccc4C(C)(C)c4ccccc43)ccc2N(O)c2ccc(N3c4ccccc4C(C)(C)c4ccccc43)cc21.CC1(C)c2ccccc2N(O)c2ccc(-n3c4ccccc4c4ccccc43)cc21. The van der Waals surface area contributed by atoms with Gasteiger partial charge in [0.1, 0.15) is 0 Å². The Balaban J connectivity index is 0.000000160. The van der Waals surface area contributed by atoms with E-state index in [1.807, 2.05) is 24.3 Å². The summed E-state index contributed by atoms with van der Waals surface area (Å²) in [5.74, 6) is 0. The van der Waals surface area contributed by atoms with Gasteiger partial charge in [-0.15, -0.1) is 0 Å². The molecule has 5 heterocycles. The van der Waals surface area contributed by atoms with Gasteiger partial charge in [0.05, 0.1) is 56.5 Å². The van der Waals surface area contributed by atoms with E-state index in [1.165, 1.54) is 76.9 Å². The average molecular weight is 1030 g/mol. The van der Waals surface area contributed by atoms with E-state index in [9.17, 15) is 10.4 Å². The Labute approximate surface area is 463 Å². The summed E-state index contributed by atoms with van der Waals surface area (Å²) in [7, 11) is 0. The third-order valence-electron chi connectivity index (χ3n) is 18.1. The van der Waals surface area contributed by atoms with Crippen LogP contribution in [0, 0.1) is 0 Å². The monoisotopic (exact) mass is 1030 g/mol. The summed E-state index contributed by atoms with van der Waals surface area (Å²) in [6, 6.07) is 79.6. The molecule has 0 unspecified atom stereocenters. The number of fused-ring (bicyclic) bond motifs is 11. The second-order valence-electron chi connectivity index (χ2n) is 23.9. The summed E-state index contributed by atoms with van der Waals surface area (Å²) in [6.07, 6.45) is 0. The molecule has 7 heteroatoms. The Morgan fingerprint density at radius 3 is 0.886 bits per heavy atom. The zero-order chi connectivity index (χ0) is 54.3. The second kappa shape index (κ2) is 17.3. The molecule has 2 N–H and O–H groups in total. The Hall–Kier alpha value is -8.88. The van der Waals surface area contributed by atoms with Crippen molar-refractivity contribution in [3.05, 3.63) is 269 Å². The van der Waals surface area contributed by atoms with Crippen molar-refractivity contribution >= 4 is 78.7 Å². The standard InChI is InChI=1S/C45H41N3O.C27H22N2O/c1-43(2)31-15-7-11-19-37(31)46(38-20-12-8-16-32(38)43)29-23-25-41-35(27-29)45(5,6)36-28-30(24-26-42(36)48(41)49)47-39-21-13-9-17-33(39)44(3,4)34-18-10-14-22-40(34)47;1-27(2)21-11-5-8-14-25(21)29(30)26-16-15-18(17-22(26)27)28-23-12-6-3-9-19(23)20-10-4-7-13-24(20)28/h7-28,49H,1-6H3;3-17,30H,1-2H3. The first-order valence-electron chi connectivity index (χ1n) is 27.6. The summed E-state index contributed by atoms with van der Waals surface area (Å²) >= 11 is 0. The summed E-state index contributed by atoms with van der Waals surface area (Å²) in [6.45, 7) is 18.3. The first kappa shape index (κ1) is 48.5. The van der Waals surface area contributed by atoms with Crippen molar-refractivity contribution in [1.29, 1.82) is 0 Å². The molecule has 0 fully saturated rings. The molecule has 0 spiro atoms. The second-order valence-corrected chi connectivity index (χ2v) is 23.9. The summed E-state index contributed by atoms with van der Waals surface area (Å²) in [4.78, 5) is 4.78. The van der Waals surface area contributed by atoms with Crippen LogP contribution in [-0.2, 0) is 21.7 Å². The van der Waals surface area contributed by atoms with E-state index in [2.05, 4.69) is 270 Å². The normalized spacial score (nSPS) is 16.3. The smallest absolute Gasteiger partial charge is 0.0735 e. The van der Waals surface area contributed by atoms with E-state index in [-0.39, 0.29) is 16.2 Å². The van der Waals surface area contributed by atoms with Gasteiger partial charge in [-0.05, 0) is 142 Å². The highest BCUT2D eigenvalue weighted by Crippen LogP contribution is 2.57. The fourth-order valence-electron chi connectivity index (χ4n) is 13.9. The van der Waals surface area contributed by atoms with E-state index in [0.717, 1.165) is 62.1 Å². The Morgan fingerprint density at radius 2 is 0.506 bits per heavy atom. The molecule has 10 aromatic carbocycles. The van der Waals surface area contributed by atoms with Crippen LogP contribution in [0.4, 0.5) is 56.9 Å². The van der Waals surface area contributed by atoms with E-state index in [0.29, 0.717) is 0 Å². The zero-order valence-corrected chi connectivity index (χ0v) is 46.0. The summed E-state index contributed by atoms with van der Waals surface area (Å²) in [5, 5.41) is 28.0. The molecule has 0 radical (unpaired) electrons. The molecule has 79 heavy (non-hydrogen) atoms. The average Bonchev–Trinajstić information content (AvgIpc) is 4.01. The topological polar surface area (TPSA) is 58.4 Å². The first-order valence-corrected chi connectivity index (χ1v) is 27.6. The quantitative estimate of drug-likeness (QED) is 0.184. The van der Waals surface area contributed by atoms with Gasteiger partial charge in [-0.25, -0.2) is 10.1 Å². The predicted octanol–water partition coefficient (Wildman–Crippen LogP) is 19.0. The molecule has 11 aromatic rings. The van der Waals surface area contributed by atoms with Crippen LogP contribution < -0.4 is 19.9 Å². The molecule has 4 aliphatic rings. The lowest BCUT2D eigenvalue weighted by atomic mass is 9.72. The third-order valence-corrected chi connectivity index (χ3v) is 18.1. The molecule has 0 aliphatic carbocycles. The van der Waals surface area contributed by atoms with Gasteiger partial charge in [0.25, 0.3) is 0 Å². The summed E-state index contributed by atoms with van der Waals surface area (Å²) in [5.41, 5.74) is 22.4. The van der Waals surface area contributed by atoms with Gasteiger partial charge in [-0.3, -0.25) is 10.4 Å². The molecule has 0 saturated carbocycles. The number of rotatable bonds is 3. The highest BCUT2D eigenvalue weighted by atomic mass is 16.5. The predicted molar refractivity (Wildman–Crippen MR) is 326 cm³/mol. The van der Waals surface area contributed by atoms with Gasteiger partial charge in [0, 0.05) is 49.5 Å². The van der Waals surface area contributed by atoms with Crippen molar-refractivity contribution in [1.82, 2.24) is 4.57 Å². The molecule has 7 nitrogen and oxygen atoms in total. The van der Waals surface area contributed by atoms with Gasteiger partial charge < -0.3 is 14.4 Å². The fourth-order valence-corrected chi connectivity index (χ4v) is 13.9. The number of para-hydroxylation sites is 7. The van der Waals surface area contributed by atoms with Crippen molar-refractivity contribution in [3.8, 4) is 5.69 Å². The number of nitrogens with zero attached hydrogens (tertiary/aromatic N) is 5. The summed E-state index contributed by atoms with van der Waals surface area (Å²) < 4.78 is 2.32. The molecule has 0 saturated heterocycles. The molecule has 0 atom stereocenters. The first-order chi connectivity index (χ1) is 38.1. The Kier molecular flexibility index (Phi) is 10.6. The van der Waals surface area contributed by atoms with Crippen LogP contribution in [0.5, 0.6) is 0 Å². The van der Waals surface area contributed by atoms with Gasteiger partial charge in [-0.2, -0.15) is 0 Å². The van der Waals surface area contributed by atoms with Crippen LogP contribution in [0.25, 0.3) is 27.5 Å². The Bertz CT molecular complexity index is 3980. The van der Waals surface area contributed by atoms with E-state index < -0.39 is 5.41 Å². The van der Waals surface area contributed by atoms with Crippen molar-refractivity contribution in [2.75, 3.05) is 19.9 Å². The van der Waals surface area contributed by atoms with Crippen molar-refractivity contribution in [2.24, 2.45) is 0 Å². The molecule has 15 rings (SSSR count). The minimum Gasteiger partial charge on any atom is -0.310 e. The maximum Gasteiger partial charge on any atom is 0.0735 e. The lowest BCUT2D eigenvalue weighted by Gasteiger charge is -2.44. The van der Waals surface area contributed by atoms with Crippen LogP contribution in [0.1, 0.15) is 99.9 Å². The molecule has 388 valence electrons. The minimum atomic E-state index is -0.405. The highest BCUT2D eigenvalue weighted by Gasteiger charge is 2.42. The molecule has 0 amide bonds. The number of aromatic nitrogens is 1. The van der Waals surface area contributed by atoms with Gasteiger partial charge in [-0.1, -0.05) is 183 Å². The van der Waals surface area contributed by atoms with Gasteiger partial charge >= 0.3 is 0 Å². The lowest BCUT2D eigenvalue weighted by molar-refractivity contribution is 0.292. The van der Waals surface area contributed by atoms with Crippen molar-refractivity contribution in [2.45, 2.75) is 77.0 Å². The third kappa shape index (κ3) is 6.99. The molecular weight excluding hydrogens is 967 g/mol. The van der Waals surface area contributed by atoms with Crippen LogP contribution in [0.2, 0.25) is 0 Å². The van der Waals surface area contributed by atoms with E-state index in [1.54, 1.807) is 0 Å². The van der Waals surface area contributed by atoms with Gasteiger partial charge in [0.2, 0.25) is 0 Å². The van der Waals surface area contributed by atoms with Crippen molar-refractivity contribution in [3.63, 3.8) is 0 Å². The molecule has 1 aromatic heterocycles. The zero-order valence-electron chi connectivity index (χ0n) is 46.0. The maximum absolute atomic E-state index is 11.8. The van der Waals surface area contributed by atoms with E-state index in [4.69, 9.17) is 0 Å². The minimum absolute atomic E-state index is 0.130. The lowest BCUT2D eigenvalue weighted by Crippen LogP contribution is -2.33. The van der Waals surface area contributed by atoms with Crippen LogP contribution in [-0.4, -0.2) is 15.0 Å². The highest BCUT2D eigenvalue weighted by molar-refractivity contribution is 6.09. The fraction of sp³-hybridized carbons (Fsp3) is 0.167. The van der Waals surface area contributed by atoms with Crippen molar-refractivity contribution < 1.29 is 10.4 Å². The number of benzene rings is 10. The van der Waals surface area contributed by atoms with Crippen LogP contribution in [0.3, 0.4) is 0 Å². The van der Waals surface area contributed by atoms with Gasteiger partial charge in [0.15, 0.2) is 0 Å². The molecular formula is C72H63N5O2. The molecule has 0 bridgehead atoms. The van der Waals surface area contributed by atoms with E-state index >= 15 is 0 Å². The number of hydrogen-bond acceptors (Lipinski definition) is 6. The largest absolute Gasteiger partial charge is 0.310 e. The maximum atomic E-state index is 11.8.